The molecule has 20 heavy (non-hydrogen) atoms. The Kier molecular flexibility index (Phi) is 5.12. The van der Waals surface area contributed by atoms with E-state index >= 15 is 0 Å². The van der Waals surface area contributed by atoms with E-state index in [2.05, 4.69) is 32.7 Å². The molecule has 0 N–H and O–H groups in total. The lowest BCUT2D eigenvalue weighted by molar-refractivity contribution is 0.0362. The van der Waals surface area contributed by atoms with Crippen LogP contribution in [0.2, 0.25) is 0 Å². The molecule has 112 valence electrons. The third-order valence-corrected chi connectivity index (χ3v) is 4.52. The van der Waals surface area contributed by atoms with E-state index in [-0.39, 0.29) is 0 Å². The number of hydrogen-bond donors (Lipinski definition) is 0. The summed E-state index contributed by atoms with van der Waals surface area (Å²) in [5, 5.41) is 0. The first-order valence-corrected chi connectivity index (χ1v) is 8.08. The van der Waals surface area contributed by atoms with Crippen LogP contribution in [-0.2, 0) is 17.8 Å². The molecule has 2 aliphatic heterocycles. The van der Waals surface area contributed by atoms with Crippen molar-refractivity contribution in [3.63, 3.8) is 0 Å². The van der Waals surface area contributed by atoms with Gasteiger partial charge < -0.3 is 9.30 Å². The molecule has 2 aliphatic rings. The molecule has 0 saturated carbocycles. The van der Waals surface area contributed by atoms with Gasteiger partial charge in [-0.3, -0.25) is 9.80 Å². The predicted octanol–water partition coefficient (Wildman–Crippen LogP) is 1.81. The zero-order chi connectivity index (χ0) is 13.6. The van der Waals surface area contributed by atoms with Gasteiger partial charge in [0.05, 0.1) is 13.2 Å². The quantitative estimate of drug-likeness (QED) is 0.819. The molecule has 4 nitrogen and oxygen atoms in total. The van der Waals surface area contributed by atoms with Crippen molar-refractivity contribution in [3.05, 3.63) is 24.0 Å². The zero-order valence-corrected chi connectivity index (χ0v) is 12.5. The van der Waals surface area contributed by atoms with Crippen molar-refractivity contribution in [2.75, 3.05) is 45.9 Å². The zero-order valence-electron chi connectivity index (χ0n) is 12.5. The number of likely N-dealkylation sites (tertiary alicyclic amines) is 1. The van der Waals surface area contributed by atoms with E-state index in [1.165, 1.54) is 38.0 Å². The van der Waals surface area contributed by atoms with Crippen LogP contribution in [-0.4, -0.2) is 60.3 Å². The molecule has 3 rings (SSSR count). The number of morpholine rings is 1. The maximum Gasteiger partial charge on any atom is 0.0594 e. The summed E-state index contributed by atoms with van der Waals surface area (Å²) in [6.07, 6.45) is 6.39. The van der Waals surface area contributed by atoms with Gasteiger partial charge in [0.25, 0.3) is 0 Å². The first kappa shape index (κ1) is 14.1. The monoisotopic (exact) mass is 277 g/mol. The van der Waals surface area contributed by atoms with Crippen LogP contribution in [0.5, 0.6) is 0 Å². The van der Waals surface area contributed by atoms with Crippen LogP contribution in [0.3, 0.4) is 0 Å². The molecule has 2 fully saturated rings. The molecular weight excluding hydrogens is 250 g/mol. The van der Waals surface area contributed by atoms with E-state index in [0.717, 1.165) is 45.9 Å². The molecule has 4 heteroatoms. The summed E-state index contributed by atoms with van der Waals surface area (Å²) < 4.78 is 7.84. The molecule has 1 aromatic heterocycles. The molecule has 0 spiro atoms. The van der Waals surface area contributed by atoms with Crippen molar-refractivity contribution in [2.24, 2.45) is 0 Å². The third-order valence-electron chi connectivity index (χ3n) is 4.52. The minimum Gasteiger partial charge on any atom is -0.379 e. The van der Waals surface area contributed by atoms with Crippen molar-refractivity contribution in [2.45, 2.75) is 32.4 Å². The highest BCUT2D eigenvalue weighted by Gasteiger charge is 2.13. The second-order valence-corrected chi connectivity index (χ2v) is 5.98. The molecule has 0 amide bonds. The van der Waals surface area contributed by atoms with Gasteiger partial charge in [-0.05, 0) is 38.1 Å². The van der Waals surface area contributed by atoms with Crippen molar-refractivity contribution in [3.8, 4) is 0 Å². The number of rotatable bonds is 5. The van der Waals surface area contributed by atoms with E-state index in [1.54, 1.807) is 0 Å². The Labute approximate surface area is 122 Å². The van der Waals surface area contributed by atoms with Crippen LogP contribution in [0.1, 0.15) is 25.0 Å². The van der Waals surface area contributed by atoms with Gasteiger partial charge in [-0.25, -0.2) is 0 Å². The van der Waals surface area contributed by atoms with E-state index in [0.29, 0.717) is 0 Å². The fourth-order valence-corrected chi connectivity index (χ4v) is 3.23. The Balaban J connectivity index is 1.50. The topological polar surface area (TPSA) is 20.6 Å². The Morgan fingerprint density at radius 3 is 2.50 bits per heavy atom. The van der Waals surface area contributed by atoms with Gasteiger partial charge >= 0.3 is 0 Å². The Hall–Kier alpha value is -0.840. The first-order valence-electron chi connectivity index (χ1n) is 8.08. The summed E-state index contributed by atoms with van der Waals surface area (Å²) in [6.45, 7) is 9.88. The van der Waals surface area contributed by atoms with Crippen LogP contribution < -0.4 is 0 Å². The van der Waals surface area contributed by atoms with E-state index in [4.69, 9.17) is 4.74 Å². The van der Waals surface area contributed by atoms with Gasteiger partial charge in [-0.1, -0.05) is 6.42 Å². The second kappa shape index (κ2) is 7.25. The van der Waals surface area contributed by atoms with Crippen molar-refractivity contribution >= 4 is 0 Å². The summed E-state index contributed by atoms with van der Waals surface area (Å²) in [5.74, 6) is 0. The minimum absolute atomic E-state index is 0.895. The first-order chi connectivity index (χ1) is 9.92. The van der Waals surface area contributed by atoms with E-state index in [1.807, 2.05) is 0 Å². The Morgan fingerprint density at radius 1 is 0.900 bits per heavy atom. The largest absolute Gasteiger partial charge is 0.379 e. The van der Waals surface area contributed by atoms with Gasteiger partial charge in [0, 0.05) is 44.6 Å². The lowest BCUT2D eigenvalue weighted by Crippen LogP contribution is -2.38. The highest BCUT2D eigenvalue weighted by molar-refractivity contribution is 5.07. The number of aromatic nitrogens is 1. The van der Waals surface area contributed by atoms with Gasteiger partial charge in [0.2, 0.25) is 0 Å². The second-order valence-electron chi connectivity index (χ2n) is 5.98. The molecule has 0 atom stereocenters. The van der Waals surface area contributed by atoms with Crippen LogP contribution in [0.4, 0.5) is 0 Å². The molecule has 1 aromatic rings. The minimum atomic E-state index is 0.895. The Bertz CT molecular complexity index is 392. The van der Waals surface area contributed by atoms with Crippen LogP contribution >= 0.6 is 0 Å². The molecule has 3 heterocycles. The smallest absolute Gasteiger partial charge is 0.0594 e. The van der Waals surface area contributed by atoms with Gasteiger partial charge in [-0.2, -0.15) is 0 Å². The maximum absolute atomic E-state index is 5.41. The predicted molar refractivity (Wildman–Crippen MR) is 80.8 cm³/mol. The molecule has 0 aromatic carbocycles. The lowest BCUT2D eigenvalue weighted by atomic mass is 10.1. The number of hydrogen-bond acceptors (Lipinski definition) is 3. The normalized spacial score (nSPS) is 22.2. The summed E-state index contributed by atoms with van der Waals surface area (Å²) in [5.41, 5.74) is 1.47. The van der Waals surface area contributed by atoms with E-state index < -0.39 is 0 Å². The summed E-state index contributed by atoms with van der Waals surface area (Å²) in [4.78, 5) is 5.11. The van der Waals surface area contributed by atoms with Gasteiger partial charge in [0.1, 0.15) is 0 Å². The summed E-state index contributed by atoms with van der Waals surface area (Å²) in [6, 6.07) is 4.48. The lowest BCUT2D eigenvalue weighted by Gasteiger charge is -2.28. The highest BCUT2D eigenvalue weighted by atomic mass is 16.5. The number of ether oxygens (including phenoxy) is 1. The average molecular weight is 277 g/mol. The average Bonchev–Trinajstić information content (AvgIpc) is 2.94. The number of piperidine rings is 1. The SMILES string of the molecule is c1cc(CN2CCCCC2)n(CCN2CCOCC2)c1. The third kappa shape index (κ3) is 3.84. The van der Waals surface area contributed by atoms with Crippen molar-refractivity contribution in [1.82, 2.24) is 14.4 Å². The van der Waals surface area contributed by atoms with Gasteiger partial charge in [-0.15, -0.1) is 0 Å². The summed E-state index contributed by atoms with van der Waals surface area (Å²) >= 11 is 0. The standard InChI is InChI=1S/C16H27N3O/c1-2-6-18(7-3-1)15-16-5-4-8-19(16)10-9-17-11-13-20-14-12-17/h4-5,8H,1-3,6-7,9-15H2. The molecule has 2 saturated heterocycles. The summed E-state index contributed by atoms with van der Waals surface area (Å²) in [7, 11) is 0. The molecule has 0 unspecified atom stereocenters. The van der Waals surface area contributed by atoms with Gasteiger partial charge in [0.15, 0.2) is 0 Å². The fourth-order valence-electron chi connectivity index (χ4n) is 3.23. The molecular formula is C16H27N3O. The van der Waals surface area contributed by atoms with Crippen molar-refractivity contribution in [1.29, 1.82) is 0 Å². The van der Waals surface area contributed by atoms with Crippen LogP contribution in [0.25, 0.3) is 0 Å². The van der Waals surface area contributed by atoms with E-state index in [9.17, 15) is 0 Å². The fraction of sp³-hybridized carbons (Fsp3) is 0.750. The Morgan fingerprint density at radius 2 is 1.70 bits per heavy atom. The highest BCUT2D eigenvalue weighted by Crippen LogP contribution is 2.13. The molecule has 0 aliphatic carbocycles. The van der Waals surface area contributed by atoms with Crippen LogP contribution in [0.15, 0.2) is 18.3 Å². The van der Waals surface area contributed by atoms with Crippen LogP contribution in [0, 0.1) is 0 Å². The molecule has 0 bridgehead atoms. The van der Waals surface area contributed by atoms with Crippen molar-refractivity contribution < 1.29 is 4.74 Å². The molecule has 0 radical (unpaired) electrons. The maximum atomic E-state index is 5.41. The number of nitrogens with zero attached hydrogens (tertiary/aromatic N) is 3.